The zero-order valence-corrected chi connectivity index (χ0v) is 33.1. The molecule has 0 aliphatic carbocycles. The monoisotopic (exact) mass is 847 g/mol. The van der Waals surface area contributed by atoms with E-state index in [0.29, 0.717) is 50.4 Å². The van der Waals surface area contributed by atoms with Crippen molar-refractivity contribution in [2.75, 3.05) is 0 Å². The van der Waals surface area contributed by atoms with Crippen LogP contribution < -0.4 is 0 Å². The van der Waals surface area contributed by atoms with E-state index in [4.69, 9.17) is 0 Å². The van der Waals surface area contributed by atoms with Crippen molar-refractivity contribution in [1.29, 1.82) is 15.8 Å². The topological polar surface area (TPSA) is 81.2 Å². The summed E-state index contributed by atoms with van der Waals surface area (Å²) in [5.74, 6) is 0. The van der Waals surface area contributed by atoms with Crippen LogP contribution in [0.5, 0.6) is 0 Å². The first-order chi connectivity index (χ1) is 30.9. The van der Waals surface area contributed by atoms with E-state index in [1.165, 1.54) is 12.1 Å². The van der Waals surface area contributed by atoms with Crippen LogP contribution in [-0.4, -0.2) is 9.13 Å². The largest absolute Gasteiger partial charge is 0.417 e. The van der Waals surface area contributed by atoms with Crippen LogP contribution in [0.25, 0.3) is 88.4 Å². The van der Waals surface area contributed by atoms with Gasteiger partial charge in [-0.1, -0.05) is 91.0 Å². The lowest BCUT2D eigenvalue weighted by atomic mass is 9.94. The van der Waals surface area contributed by atoms with E-state index < -0.39 is 29.0 Å². The molecule has 0 fully saturated rings. The predicted octanol–water partition coefficient (Wildman–Crippen LogP) is 14.5. The number of fused-ring (bicyclic) bond motifs is 6. The summed E-state index contributed by atoms with van der Waals surface area (Å²) in [6.45, 7) is 0. The second-order valence-corrected chi connectivity index (χ2v) is 15.2. The van der Waals surface area contributed by atoms with Gasteiger partial charge in [0.25, 0.3) is 0 Å². The molecule has 0 saturated heterocycles. The summed E-state index contributed by atoms with van der Waals surface area (Å²) in [6, 6.07) is 51.4. The summed E-state index contributed by atoms with van der Waals surface area (Å²) in [4.78, 5) is 0. The first-order valence-corrected chi connectivity index (χ1v) is 19.8. The van der Waals surface area contributed by atoms with Gasteiger partial charge in [0, 0.05) is 21.5 Å². The van der Waals surface area contributed by atoms with E-state index in [2.05, 4.69) is 18.2 Å². The molecule has 0 aliphatic heterocycles. The molecule has 0 radical (unpaired) electrons. The fourth-order valence-electron chi connectivity index (χ4n) is 8.91. The minimum absolute atomic E-state index is 0.0762. The van der Waals surface area contributed by atoms with Crippen molar-refractivity contribution >= 4 is 43.6 Å². The summed E-state index contributed by atoms with van der Waals surface area (Å²) < 4.78 is 90.6. The fourth-order valence-corrected chi connectivity index (χ4v) is 8.91. The van der Waals surface area contributed by atoms with E-state index >= 15 is 13.2 Å². The third-order valence-corrected chi connectivity index (χ3v) is 11.7. The minimum Gasteiger partial charge on any atom is -0.308 e. The zero-order valence-electron chi connectivity index (χ0n) is 33.1. The summed E-state index contributed by atoms with van der Waals surface area (Å²) in [6.07, 6.45) is -10.2. The van der Waals surface area contributed by atoms with Crippen molar-refractivity contribution in [3.8, 4) is 63.0 Å². The van der Waals surface area contributed by atoms with Gasteiger partial charge in [-0.3, -0.25) is 0 Å². The van der Waals surface area contributed by atoms with Crippen molar-refractivity contribution < 1.29 is 26.3 Å². The van der Waals surface area contributed by atoms with Gasteiger partial charge in [-0.15, -0.1) is 0 Å². The van der Waals surface area contributed by atoms with Crippen LogP contribution >= 0.6 is 0 Å². The quantitative estimate of drug-likeness (QED) is 0.162. The highest BCUT2D eigenvalue weighted by atomic mass is 19.4. The zero-order chi connectivity index (χ0) is 44.5. The molecule has 2 heterocycles. The molecular formula is C53H27F6N5. The Bertz CT molecular complexity index is 3500. The van der Waals surface area contributed by atoms with E-state index in [-0.39, 0.29) is 28.6 Å². The van der Waals surface area contributed by atoms with Gasteiger partial charge < -0.3 is 9.13 Å². The van der Waals surface area contributed by atoms with Gasteiger partial charge in [0.2, 0.25) is 0 Å². The van der Waals surface area contributed by atoms with Gasteiger partial charge in [0.05, 0.1) is 67.8 Å². The predicted molar refractivity (Wildman–Crippen MR) is 236 cm³/mol. The van der Waals surface area contributed by atoms with Crippen molar-refractivity contribution in [3.05, 3.63) is 192 Å². The molecular weight excluding hydrogens is 821 g/mol. The van der Waals surface area contributed by atoms with E-state index in [9.17, 15) is 29.0 Å². The molecule has 0 atom stereocenters. The van der Waals surface area contributed by atoms with Crippen LogP contribution in [0.4, 0.5) is 26.3 Å². The molecule has 10 rings (SSSR count). The summed E-state index contributed by atoms with van der Waals surface area (Å²) in [5, 5.41) is 34.1. The van der Waals surface area contributed by atoms with Crippen molar-refractivity contribution in [2.24, 2.45) is 0 Å². The minimum atomic E-state index is -5.20. The van der Waals surface area contributed by atoms with Gasteiger partial charge in [0.15, 0.2) is 0 Å². The van der Waals surface area contributed by atoms with Gasteiger partial charge in [-0.2, -0.15) is 42.1 Å². The lowest BCUT2D eigenvalue weighted by molar-refractivity contribution is -0.142. The molecule has 0 saturated carbocycles. The Morgan fingerprint density at radius 3 is 1.28 bits per heavy atom. The van der Waals surface area contributed by atoms with Crippen LogP contribution in [0.2, 0.25) is 0 Å². The molecule has 5 nitrogen and oxygen atoms in total. The standard InChI is InChI=1S/C53H27F6N5/c54-52(55,56)36-19-20-39(45(27-36)53(57,58)59)35-25-50(63-46-15-7-5-13-40(46)42-23-31(17-21-48(42)63)37-11-3-1-9-33(37)28-60)44(30-62)51(26-35)64-47-16-8-6-14-41(47)43-24-32(18-22-49(43)64)38-12-4-2-10-34(38)29-61/h1-27H. The number of nitrogens with zero attached hydrogens (tertiary/aromatic N) is 5. The number of hydrogen-bond donors (Lipinski definition) is 0. The molecule has 64 heavy (non-hydrogen) atoms. The molecule has 0 aliphatic rings. The van der Waals surface area contributed by atoms with Crippen molar-refractivity contribution in [2.45, 2.75) is 12.4 Å². The third-order valence-electron chi connectivity index (χ3n) is 11.7. The molecule has 0 amide bonds. The average Bonchev–Trinajstić information content (AvgIpc) is 3.82. The smallest absolute Gasteiger partial charge is 0.308 e. The average molecular weight is 848 g/mol. The van der Waals surface area contributed by atoms with Crippen LogP contribution in [0.15, 0.2) is 164 Å². The van der Waals surface area contributed by atoms with Crippen LogP contribution in [0.3, 0.4) is 0 Å². The highest BCUT2D eigenvalue weighted by molar-refractivity contribution is 6.12. The Hall–Kier alpha value is -8.59. The Labute approximate surface area is 360 Å². The number of halogens is 6. The molecule has 0 bridgehead atoms. The second kappa shape index (κ2) is 14.8. The maximum Gasteiger partial charge on any atom is 0.417 e. The number of para-hydroxylation sites is 2. The number of alkyl halides is 6. The lowest BCUT2D eigenvalue weighted by Crippen LogP contribution is -2.12. The first kappa shape index (κ1) is 39.5. The Morgan fingerprint density at radius 2 is 0.828 bits per heavy atom. The second-order valence-electron chi connectivity index (χ2n) is 15.2. The highest BCUT2D eigenvalue weighted by Crippen LogP contribution is 2.45. The van der Waals surface area contributed by atoms with Crippen LogP contribution in [-0.2, 0) is 12.4 Å². The van der Waals surface area contributed by atoms with Crippen LogP contribution in [0.1, 0.15) is 27.8 Å². The molecule has 0 spiro atoms. The normalized spacial score (nSPS) is 11.9. The summed E-state index contributed by atoms with van der Waals surface area (Å²) in [5.41, 5.74) is 3.08. The molecule has 8 aromatic carbocycles. The highest BCUT2D eigenvalue weighted by Gasteiger charge is 2.39. The number of benzene rings is 8. The van der Waals surface area contributed by atoms with Crippen LogP contribution in [0, 0.1) is 34.0 Å². The van der Waals surface area contributed by atoms with Gasteiger partial charge in [0.1, 0.15) is 11.6 Å². The number of aromatic nitrogens is 2. The summed E-state index contributed by atoms with van der Waals surface area (Å²) >= 11 is 0. The fraction of sp³-hybridized carbons (Fsp3) is 0.0377. The van der Waals surface area contributed by atoms with Gasteiger partial charge in [-0.05, 0) is 106 Å². The molecule has 2 aromatic heterocycles. The van der Waals surface area contributed by atoms with Crippen molar-refractivity contribution in [1.82, 2.24) is 9.13 Å². The Kier molecular flexibility index (Phi) is 9.14. The van der Waals surface area contributed by atoms with E-state index in [1.54, 1.807) is 45.5 Å². The summed E-state index contributed by atoms with van der Waals surface area (Å²) in [7, 11) is 0. The number of rotatable bonds is 5. The van der Waals surface area contributed by atoms with Gasteiger partial charge in [-0.25, -0.2) is 0 Å². The molecule has 11 heteroatoms. The lowest BCUT2D eigenvalue weighted by Gasteiger charge is -2.21. The van der Waals surface area contributed by atoms with Crippen molar-refractivity contribution in [3.63, 3.8) is 0 Å². The maximum atomic E-state index is 15.0. The Morgan fingerprint density at radius 1 is 0.375 bits per heavy atom. The SMILES string of the molecule is N#Cc1ccccc1-c1ccc2c(c1)c1ccccc1n2-c1cc(-c2ccc(C(F)(F)F)cc2C(F)(F)F)cc(-n2c3ccccc3c3cc(-c4ccccc4C#N)ccc32)c1C#N. The van der Waals surface area contributed by atoms with E-state index in [0.717, 1.165) is 38.7 Å². The number of hydrogen-bond acceptors (Lipinski definition) is 3. The first-order valence-electron chi connectivity index (χ1n) is 19.8. The van der Waals surface area contributed by atoms with Gasteiger partial charge >= 0.3 is 12.4 Å². The molecule has 0 unspecified atom stereocenters. The maximum absolute atomic E-state index is 15.0. The molecule has 306 valence electrons. The number of nitriles is 3. The molecule has 10 aromatic rings. The third kappa shape index (κ3) is 6.32. The molecule has 0 N–H and O–H groups in total. The van der Waals surface area contributed by atoms with E-state index in [1.807, 2.05) is 97.1 Å². The Balaban J connectivity index is 1.33.